The van der Waals surface area contributed by atoms with E-state index in [1.807, 2.05) is 17.8 Å². The first-order valence-corrected chi connectivity index (χ1v) is 7.09. The minimum absolute atomic E-state index is 0.149. The van der Waals surface area contributed by atoms with Gasteiger partial charge in [0, 0.05) is 4.88 Å². The average molecular weight is 240 g/mol. The molecule has 15 heavy (non-hydrogen) atoms. The van der Waals surface area contributed by atoms with Crippen LogP contribution in [0.5, 0.6) is 0 Å². The molecular formula is C12H16OS2. The maximum absolute atomic E-state index is 12.3. The first-order chi connectivity index (χ1) is 7.03. The fraction of sp³-hybridized carbons (Fsp3) is 0.583. The van der Waals surface area contributed by atoms with Gasteiger partial charge in [-0.1, -0.05) is 0 Å². The molecule has 1 atom stereocenters. The Labute approximate surface area is 99.3 Å². The highest BCUT2D eigenvalue weighted by atomic mass is 32.2. The Morgan fingerprint density at radius 2 is 2.20 bits per heavy atom. The van der Waals surface area contributed by atoms with Crippen molar-refractivity contribution in [3.05, 3.63) is 21.4 Å². The molecule has 0 spiro atoms. The second-order valence-electron chi connectivity index (χ2n) is 4.36. The summed E-state index contributed by atoms with van der Waals surface area (Å²) in [4.78, 5) is 14.5. The molecule has 1 nitrogen and oxygen atoms in total. The number of carbonyl (C=O) groups excluding carboxylic acids is 1. The predicted molar refractivity (Wildman–Crippen MR) is 68.2 cm³/mol. The van der Waals surface area contributed by atoms with Gasteiger partial charge in [0.25, 0.3) is 0 Å². The van der Waals surface area contributed by atoms with E-state index in [0.29, 0.717) is 5.78 Å². The Hall–Kier alpha value is -0.280. The van der Waals surface area contributed by atoms with E-state index in [4.69, 9.17) is 0 Å². The SMILES string of the molecule is Cc1cc(C(=O)C2(C)CCCS2)sc1C. The van der Waals surface area contributed by atoms with Crippen LogP contribution in [-0.4, -0.2) is 16.3 Å². The summed E-state index contributed by atoms with van der Waals surface area (Å²) in [6, 6.07) is 2.05. The van der Waals surface area contributed by atoms with Crippen molar-refractivity contribution in [3.8, 4) is 0 Å². The summed E-state index contributed by atoms with van der Waals surface area (Å²) in [7, 11) is 0. The zero-order chi connectivity index (χ0) is 11.1. The van der Waals surface area contributed by atoms with E-state index in [9.17, 15) is 4.79 Å². The third-order valence-electron chi connectivity index (χ3n) is 3.09. The molecule has 1 aliphatic heterocycles. The van der Waals surface area contributed by atoms with Crippen LogP contribution in [0.4, 0.5) is 0 Å². The molecule has 3 heteroatoms. The van der Waals surface area contributed by atoms with Crippen molar-refractivity contribution in [2.45, 2.75) is 38.4 Å². The largest absolute Gasteiger partial charge is 0.292 e. The molecule has 0 aliphatic carbocycles. The molecule has 1 saturated heterocycles. The highest BCUT2D eigenvalue weighted by Gasteiger charge is 2.38. The number of hydrogen-bond donors (Lipinski definition) is 0. The number of aryl methyl sites for hydroxylation is 2. The molecule has 2 heterocycles. The van der Waals surface area contributed by atoms with E-state index in [0.717, 1.165) is 17.1 Å². The lowest BCUT2D eigenvalue weighted by Crippen LogP contribution is -2.27. The van der Waals surface area contributed by atoms with Crippen molar-refractivity contribution >= 4 is 28.9 Å². The van der Waals surface area contributed by atoms with Crippen molar-refractivity contribution < 1.29 is 4.79 Å². The summed E-state index contributed by atoms with van der Waals surface area (Å²) in [5, 5.41) is 0. The van der Waals surface area contributed by atoms with Gasteiger partial charge in [0.1, 0.15) is 0 Å². The molecule has 1 aliphatic rings. The van der Waals surface area contributed by atoms with E-state index in [-0.39, 0.29) is 4.75 Å². The van der Waals surface area contributed by atoms with Gasteiger partial charge in [-0.25, -0.2) is 0 Å². The highest BCUT2D eigenvalue weighted by molar-refractivity contribution is 8.01. The molecule has 1 fully saturated rings. The van der Waals surface area contributed by atoms with Gasteiger partial charge in [0.05, 0.1) is 9.62 Å². The van der Waals surface area contributed by atoms with Crippen LogP contribution in [0.15, 0.2) is 6.07 Å². The van der Waals surface area contributed by atoms with Crippen LogP contribution in [0, 0.1) is 13.8 Å². The average Bonchev–Trinajstić information content (AvgIpc) is 2.75. The second-order valence-corrected chi connectivity index (χ2v) is 7.22. The van der Waals surface area contributed by atoms with Crippen LogP contribution in [0.1, 0.15) is 39.9 Å². The van der Waals surface area contributed by atoms with E-state index in [1.165, 1.54) is 16.9 Å². The summed E-state index contributed by atoms with van der Waals surface area (Å²) in [6.07, 6.45) is 2.21. The number of thioether (sulfide) groups is 1. The van der Waals surface area contributed by atoms with Crippen molar-refractivity contribution in [2.24, 2.45) is 0 Å². The summed E-state index contributed by atoms with van der Waals surface area (Å²) in [5.41, 5.74) is 1.25. The predicted octanol–water partition coefficient (Wildman–Crippen LogP) is 3.83. The van der Waals surface area contributed by atoms with Gasteiger partial charge >= 0.3 is 0 Å². The molecule has 2 rings (SSSR count). The normalized spacial score (nSPS) is 25.8. The Bertz CT molecular complexity index is 367. The van der Waals surface area contributed by atoms with E-state index >= 15 is 0 Å². The minimum Gasteiger partial charge on any atom is -0.292 e. The fourth-order valence-corrected chi connectivity index (χ4v) is 4.34. The lowest BCUT2D eigenvalue weighted by atomic mass is 9.99. The maximum Gasteiger partial charge on any atom is 0.188 e. The first kappa shape index (κ1) is 11.2. The second kappa shape index (κ2) is 3.95. The topological polar surface area (TPSA) is 17.1 Å². The summed E-state index contributed by atoms with van der Waals surface area (Å²) >= 11 is 3.46. The Morgan fingerprint density at radius 3 is 2.67 bits per heavy atom. The summed E-state index contributed by atoms with van der Waals surface area (Å²) < 4.78 is -0.149. The van der Waals surface area contributed by atoms with Gasteiger partial charge in [-0.3, -0.25) is 4.79 Å². The van der Waals surface area contributed by atoms with Crippen molar-refractivity contribution in [2.75, 3.05) is 5.75 Å². The molecule has 0 N–H and O–H groups in total. The number of Topliss-reactive ketones (excluding diaryl/α,β-unsaturated/α-hetero) is 1. The zero-order valence-electron chi connectivity index (χ0n) is 9.42. The smallest absolute Gasteiger partial charge is 0.188 e. The monoisotopic (exact) mass is 240 g/mol. The number of carbonyl (C=O) groups is 1. The quantitative estimate of drug-likeness (QED) is 0.731. The van der Waals surface area contributed by atoms with Crippen molar-refractivity contribution in [1.82, 2.24) is 0 Å². The first-order valence-electron chi connectivity index (χ1n) is 5.29. The van der Waals surface area contributed by atoms with Gasteiger partial charge < -0.3 is 0 Å². The third kappa shape index (κ3) is 2.00. The number of ketones is 1. The van der Waals surface area contributed by atoms with Crippen LogP contribution in [0.25, 0.3) is 0 Å². The highest BCUT2D eigenvalue weighted by Crippen LogP contribution is 2.41. The van der Waals surface area contributed by atoms with Crippen LogP contribution in [0.2, 0.25) is 0 Å². The minimum atomic E-state index is -0.149. The van der Waals surface area contributed by atoms with Gasteiger partial charge in [-0.2, -0.15) is 0 Å². The maximum atomic E-state index is 12.3. The number of thiophene rings is 1. The Balaban J connectivity index is 2.27. The molecule has 0 saturated carbocycles. The van der Waals surface area contributed by atoms with E-state index in [1.54, 1.807) is 11.3 Å². The van der Waals surface area contributed by atoms with Crippen LogP contribution in [-0.2, 0) is 0 Å². The number of hydrogen-bond acceptors (Lipinski definition) is 3. The van der Waals surface area contributed by atoms with Gasteiger partial charge in [-0.05, 0) is 51.0 Å². The molecule has 1 aromatic rings. The van der Waals surface area contributed by atoms with Crippen molar-refractivity contribution in [3.63, 3.8) is 0 Å². The van der Waals surface area contributed by atoms with Gasteiger partial charge in [-0.15, -0.1) is 23.1 Å². The molecule has 1 unspecified atom stereocenters. The molecule has 82 valence electrons. The summed E-state index contributed by atoms with van der Waals surface area (Å²) in [6.45, 7) is 6.25. The molecule has 1 aromatic heterocycles. The van der Waals surface area contributed by atoms with Gasteiger partial charge in [0.2, 0.25) is 0 Å². The molecule has 0 aromatic carbocycles. The zero-order valence-corrected chi connectivity index (χ0v) is 11.1. The van der Waals surface area contributed by atoms with E-state index < -0.39 is 0 Å². The summed E-state index contributed by atoms with van der Waals surface area (Å²) in [5.74, 6) is 1.47. The lowest BCUT2D eigenvalue weighted by Gasteiger charge is -2.19. The standard InChI is InChI=1S/C12H16OS2/c1-8-7-10(15-9(8)2)11(13)12(3)5-4-6-14-12/h7H,4-6H2,1-3H3. The van der Waals surface area contributed by atoms with Crippen molar-refractivity contribution in [1.29, 1.82) is 0 Å². The number of rotatable bonds is 2. The van der Waals surface area contributed by atoms with Crippen LogP contribution in [0.3, 0.4) is 0 Å². The van der Waals surface area contributed by atoms with Crippen LogP contribution < -0.4 is 0 Å². The third-order valence-corrected chi connectivity index (χ3v) is 5.76. The molecule has 0 bridgehead atoms. The Morgan fingerprint density at radius 1 is 1.47 bits per heavy atom. The lowest BCUT2D eigenvalue weighted by molar-refractivity contribution is 0.0953. The van der Waals surface area contributed by atoms with Gasteiger partial charge in [0.15, 0.2) is 5.78 Å². The molecule has 0 amide bonds. The molecular weight excluding hydrogens is 224 g/mol. The van der Waals surface area contributed by atoms with Crippen LogP contribution >= 0.6 is 23.1 Å². The molecule has 0 radical (unpaired) electrons. The Kier molecular flexibility index (Phi) is 2.95. The van der Waals surface area contributed by atoms with E-state index in [2.05, 4.69) is 20.8 Å². The fourth-order valence-electron chi connectivity index (χ4n) is 1.90.